The molecule has 2 unspecified atom stereocenters. The predicted molar refractivity (Wildman–Crippen MR) is 62.9 cm³/mol. The average Bonchev–Trinajstić information content (AvgIpc) is 2.54. The summed E-state index contributed by atoms with van der Waals surface area (Å²) in [6.07, 6.45) is 10.7. The van der Waals surface area contributed by atoms with Crippen molar-refractivity contribution < 1.29 is 5.11 Å². The first kappa shape index (κ1) is 11.4. The molecule has 0 amide bonds. The minimum atomic E-state index is -0.329. The van der Waals surface area contributed by atoms with Gasteiger partial charge in [-0.1, -0.05) is 32.6 Å². The van der Waals surface area contributed by atoms with Crippen molar-refractivity contribution in [3.63, 3.8) is 0 Å². The van der Waals surface area contributed by atoms with Crippen LogP contribution in [-0.2, 0) is 0 Å². The monoisotopic (exact) mass is 211 g/mol. The lowest BCUT2D eigenvalue weighted by molar-refractivity contribution is -0.0159. The van der Waals surface area contributed by atoms with Gasteiger partial charge in [0.05, 0.1) is 5.60 Å². The lowest BCUT2D eigenvalue weighted by Gasteiger charge is -2.37. The fourth-order valence-electron chi connectivity index (χ4n) is 3.31. The molecule has 0 aromatic heterocycles. The molecule has 15 heavy (non-hydrogen) atoms. The number of hydrogen-bond donors (Lipinski definition) is 2. The molecule has 0 aliphatic carbocycles. The molecule has 2 aliphatic rings. The maximum atomic E-state index is 10.5. The minimum Gasteiger partial charge on any atom is -0.390 e. The molecule has 0 aromatic rings. The van der Waals surface area contributed by atoms with E-state index in [1.807, 2.05) is 0 Å². The Morgan fingerprint density at radius 3 is 2.40 bits per heavy atom. The largest absolute Gasteiger partial charge is 0.390 e. The number of aliphatic hydroxyl groups is 1. The van der Waals surface area contributed by atoms with Crippen LogP contribution in [0.3, 0.4) is 0 Å². The van der Waals surface area contributed by atoms with Gasteiger partial charge in [0.15, 0.2) is 0 Å². The predicted octanol–water partition coefficient (Wildman–Crippen LogP) is 2.60. The van der Waals surface area contributed by atoms with Crippen LogP contribution in [0, 0.1) is 0 Å². The van der Waals surface area contributed by atoms with Gasteiger partial charge in [-0.05, 0) is 32.1 Å². The second-order valence-electron chi connectivity index (χ2n) is 5.58. The van der Waals surface area contributed by atoms with Gasteiger partial charge in [-0.25, -0.2) is 0 Å². The summed E-state index contributed by atoms with van der Waals surface area (Å²) < 4.78 is 0. The van der Waals surface area contributed by atoms with E-state index in [-0.39, 0.29) is 5.60 Å². The fraction of sp³-hybridized carbons (Fsp3) is 1.00. The number of hydrogen-bond acceptors (Lipinski definition) is 2. The van der Waals surface area contributed by atoms with Crippen molar-refractivity contribution in [1.29, 1.82) is 0 Å². The first-order chi connectivity index (χ1) is 7.22. The van der Waals surface area contributed by atoms with E-state index >= 15 is 0 Å². The molecule has 2 rings (SSSR count). The van der Waals surface area contributed by atoms with E-state index in [1.54, 1.807) is 0 Å². The van der Waals surface area contributed by atoms with Crippen LogP contribution in [0.2, 0.25) is 0 Å². The van der Waals surface area contributed by atoms with Crippen LogP contribution in [0.1, 0.15) is 64.7 Å². The molecule has 2 bridgehead atoms. The summed E-state index contributed by atoms with van der Waals surface area (Å²) in [5.41, 5.74) is -0.329. The van der Waals surface area contributed by atoms with Gasteiger partial charge in [0.2, 0.25) is 0 Å². The highest BCUT2D eigenvalue weighted by molar-refractivity contribution is 4.99. The summed E-state index contributed by atoms with van der Waals surface area (Å²) in [7, 11) is 0. The Kier molecular flexibility index (Phi) is 3.68. The lowest BCUT2D eigenvalue weighted by atomic mass is 9.83. The molecule has 88 valence electrons. The molecule has 2 nitrogen and oxygen atoms in total. The molecule has 0 spiro atoms. The van der Waals surface area contributed by atoms with Crippen molar-refractivity contribution in [3.8, 4) is 0 Å². The van der Waals surface area contributed by atoms with Crippen LogP contribution < -0.4 is 5.32 Å². The van der Waals surface area contributed by atoms with E-state index in [9.17, 15) is 5.11 Å². The molecule has 2 heteroatoms. The highest BCUT2D eigenvalue weighted by atomic mass is 16.3. The second kappa shape index (κ2) is 4.84. The number of piperidine rings is 1. The van der Waals surface area contributed by atoms with Gasteiger partial charge >= 0.3 is 0 Å². The Bertz CT molecular complexity index is 193. The molecular weight excluding hydrogens is 186 g/mol. The van der Waals surface area contributed by atoms with Crippen LogP contribution in [-0.4, -0.2) is 22.8 Å². The second-order valence-corrected chi connectivity index (χ2v) is 5.58. The van der Waals surface area contributed by atoms with E-state index in [2.05, 4.69) is 12.2 Å². The molecular formula is C13H25NO. The molecule has 0 aromatic carbocycles. The van der Waals surface area contributed by atoms with Crippen molar-refractivity contribution in [2.45, 2.75) is 82.4 Å². The number of rotatable bonds is 5. The Labute approximate surface area is 93.5 Å². The quantitative estimate of drug-likeness (QED) is 0.685. The van der Waals surface area contributed by atoms with Gasteiger partial charge in [0, 0.05) is 12.1 Å². The van der Waals surface area contributed by atoms with Crippen LogP contribution >= 0.6 is 0 Å². The third-order valence-corrected chi connectivity index (χ3v) is 4.08. The Morgan fingerprint density at radius 2 is 1.80 bits per heavy atom. The summed E-state index contributed by atoms with van der Waals surface area (Å²) in [5, 5.41) is 14.1. The first-order valence-electron chi connectivity index (χ1n) is 6.70. The van der Waals surface area contributed by atoms with E-state index in [4.69, 9.17) is 0 Å². The SMILES string of the molecule is CCCCCCC1(O)CC2CCC(C1)N2. The van der Waals surface area contributed by atoms with Crippen molar-refractivity contribution in [3.05, 3.63) is 0 Å². The number of fused-ring (bicyclic) bond motifs is 2. The molecule has 2 saturated heterocycles. The summed E-state index contributed by atoms with van der Waals surface area (Å²) >= 11 is 0. The normalized spacial score (nSPS) is 39.6. The maximum absolute atomic E-state index is 10.5. The molecule has 2 heterocycles. The average molecular weight is 211 g/mol. The zero-order valence-corrected chi connectivity index (χ0v) is 9.97. The molecule has 2 aliphatic heterocycles. The van der Waals surface area contributed by atoms with E-state index < -0.39 is 0 Å². The van der Waals surface area contributed by atoms with Gasteiger partial charge in [-0.15, -0.1) is 0 Å². The third-order valence-electron chi connectivity index (χ3n) is 4.08. The van der Waals surface area contributed by atoms with Gasteiger partial charge in [0.1, 0.15) is 0 Å². The molecule has 2 fully saturated rings. The maximum Gasteiger partial charge on any atom is 0.0677 e. The highest BCUT2D eigenvalue weighted by Crippen LogP contribution is 2.36. The van der Waals surface area contributed by atoms with Gasteiger partial charge in [0.25, 0.3) is 0 Å². The zero-order valence-electron chi connectivity index (χ0n) is 9.97. The van der Waals surface area contributed by atoms with Crippen molar-refractivity contribution in [2.24, 2.45) is 0 Å². The van der Waals surface area contributed by atoms with Crippen molar-refractivity contribution in [1.82, 2.24) is 5.32 Å². The van der Waals surface area contributed by atoms with E-state index in [1.165, 1.54) is 38.5 Å². The van der Waals surface area contributed by atoms with Crippen molar-refractivity contribution >= 4 is 0 Å². The summed E-state index contributed by atoms with van der Waals surface area (Å²) in [5.74, 6) is 0. The summed E-state index contributed by atoms with van der Waals surface area (Å²) in [4.78, 5) is 0. The number of nitrogens with one attached hydrogen (secondary N) is 1. The van der Waals surface area contributed by atoms with E-state index in [0.717, 1.165) is 19.3 Å². The van der Waals surface area contributed by atoms with Gasteiger partial charge < -0.3 is 10.4 Å². The van der Waals surface area contributed by atoms with E-state index in [0.29, 0.717) is 12.1 Å². The van der Waals surface area contributed by atoms with Crippen LogP contribution in [0.25, 0.3) is 0 Å². The van der Waals surface area contributed by atoms with Gasteiger partial charge in [-0.3, -0.25) is 0 Å². The van der Waals surface area contributed by atoms with Crippen molar-refractivity contribution in [2.75, 3.05) is 0 Å². The smallest absolute Gasteiger partial charge is 0.0677 e. The number of unbranched alkanes of at least 4 members (excludes halogenated alkanes) is 3. The van der Waals surface area contributed by atoms with Crippen LogP contribution in [0.5, 0.6) is 0 Å². The lowest BCUT2D eigenvalue weighted by Crippen LogP contribution is -2.48. The minimum absolute atomic E-state index is 0.329. The van der Waals surface area contributed by atoms with Gasteiger partial charge in [-0.2, -0.15) is 0 Å². The first-order valence-corrected chi connectivity index (χ1v) is 6.70. The molecule has 2 N–H and O–H groups in total. The van der Waals surface area contributed by atoms with Crippen LogP contribution in [0.15, 0.2) is 0 Å². The standard InChI is InChI=1S/C13H25NO/c1-2-3-4-5-8-13(15)9-11-6-7-12(10-13)14-11/h11-12,14-15H,2-10H2,1H3. The summed E-state index contributed by atoms with van der Waals surface area (Å²) in [6.45, 7) is 2.24. The van der Waals surface area contributed by atoms with Crippen LogP contribution in [0.4, 0.5) is 0 Å². The Hall–Kier alpha value is -0.0800. The topological polar surface area (TPSA) is 32.3 Å². The molecule has 2 atom stereocenters. The Balaban J connectivity index is 1.75. The zero-order chi connectivity index (χ0) is 10.7. The Morgan fingerprint density at radius 1 is 1.13 bits per heavy atom. The third kappa shape index (κ3) is 2.94. The summed E-state index contributed by atoms with van der Waals surface area (Å²) in [6, 6.07) is 1.22. The highest BCUT2D eigenvalue weighted by Gasteiger charge is 2.41. The fourth-order valence-corrected chi connectivity index (χ4v) is 3.31. The molecule has 0 radical (unpaired) electrons. The molecule has 0 saturated carbocycles.